The lowest BCUT2D eigenvalue weighted by atomic mass is 10.1. The highest BCUT2D eigenvalue weighted by Gasteiger charge is 2.25. The van der Waals surface area contributed by atoms with Gasteiger partial charge < -0.3 is 15.2 Å². The molecular formula is C14H20N2O4. The molecule has 2 N–H and O–H groups in total. The van der Waals surface area contributed by atoms with Gasteiger partial charge in [-0.25, -0.2) is 4.79 Å². The van der Waals surface area contributed by atoms with Crippen LogP contribution in [-0.4, -0.2) is 29.9 Å². The lowest BCUT2D eigenvalue weighted by Crippen LogP contribution is -2.38. The van der Waals surface area contributed by atoms with E-state index in [1.165, 1.54) is 19.6 Å². The SMILES string of the molecule is C=C(/N=C1/NC(=O)C(C(=O)O)=C/C1=C/C)OC.CCC. The zero-order chi connectivity index (χ0) is 15.7. The number of carboxylic acids is 1. The van der Waals surface area contributed by atoms with Gasteiger partial charge in [0.05, 0.1) is 7.11 Å². The fraction of sp³-hybridized carbons (Fsp3) is 0.357. The number of ether oxygens (including phenoxy) is 1. The standard InChI is InChI=1S/C11H12N2O4.C3H8/c1-4-7-5-8(11(15)16)10(14)13-9(7)12-6(2)17-3;1-3-2/h4-5H,2H2,1,3H3,(H,15,16)(H,12,13,14);3H2,1-2H3/b7-4-;. The quantitative estimate of drug-likeness (QED) is 0.611. The fourth-order valence-electron chi connectivity index (χ4n) is 1.18. The van der Waals surface area contributed by atoms with Gasteiger partial charge in [-0.05, 0) is 19.6 Å². The second kappa shape index (κ2) is 8.68. The molecule has 0 radical (unpaired) electrons. The maximum atomic E-state index is 11.4. The average molecular weight is 280 g/mol. The van der Waals surface area contributed by atoms with Gasteiger partial charge >= 0.3 is 5.97 Å². The predicted molar refractivity (Wildman–Crippen MR) is 77.2 cm³/mol. The van der Waals surface area contributed by atoms with Crippen LogP contribution in [0.4, 0.5) is 0 Å². The second-order valence-corrected chi connectivity index (χ2v) is 3.83. The molecule has 20 heavy (non-hydrogen) atoms. The number of aliphatic carboxylic acids is 1. The van der Waals surface area contributed by atoms with Crippen molar-refractivity contribution >= 4 is 17.7 Å². The van der Waals surface area contributed by atoms with Gasteiger partial charge in [0.15, 0.2) is 0 Å². The van der Waals surface area contributed by atoms with Gasteiger partial charge in [0.1, 0.15) is 11.4 Å². The molecule has 0 aliphatic carbocycles. The summed E-state index contributed by atoms with van der Waals surface area (Å²) in [7, 11) is 1.39. The van der Waals surface area contributed by atoms with E-state index in [4.69, 9.17) is 9.84 Å². The van der Waals surface area contributed by atoms with E-state index in [9.17, 15) is 9.59 Å². The van der Waals surface area contributed by atoms with Crippen molar-refractivity contribution in [3.05, 3.63) is 35.8 Å². The number of carbonyl (C=O) groups is 2. The molecule has 0 saturated carbocycles. The Morgan fingerprint density at radius 3 is 2.50 bits per heavy atom. The van der Waals surface area contributed by atoms with Crippen molar-refractivity contribution in [2.24, 2.45) is 4.99 Å². The molecule has 0 aromatic carbocycles. The number of methoxy groups -OCH3 is 1. The molecular weight excluding hydrogens is 260 g/mol. The summed E-state index contributed by atoms with van der Waals surface area (Å²) < 4.78 is 4.76. The molecule has 0 saturated heterocycles. The van der Waals surface area contributed by atoms with Gasteiger partial charge in [0, 0.05) is 5.57 Å². The molecule has 6 nitrogen and oxygen atoms in total. The van der Waals surface area contributed by atoms with Crippen LogP contribution in [0.1, 0.15) is 27.2 Å². The number of nitrogens with one attached hydrogen (secondary N) is 1. The Kier molecular flexibility index (Phi) is 7.65. The van der Waals surface area contributed by atoms with Crippen LogP contribution in [-0.2, 0) is 14.3 Å². The van der Waals surface area contributed by atoms with E-state index in [1.807, 2.05) is 0 Å². The minimum absolute atomic E-state index is 0.117. The molecule has 0 aromatic heterocycles. The Morgan fingerprint density at radius 2 is 2.10 bits per heavy atom. The highest BCUT2D eigenvalue weighted by molar-refractivity contribution is 6.26. The molecule has 1 heterocycles. The first-order valence-corrected chi connectivity index (χ1v) is 6.15. The largest absolute Gasteiger partial charge is 0.481 e. The number of amides is 1. The second-order valence-electron chi connectivity index (χ2n) is 3.83. The van der Waals surface area contributed by atoms with Crippen LogP contribution in [0.2, 0.25) is 0 Å². The summed E-state index contributed by atoms with van der Waals surface area (Å²) in [6.07, 6.45) is 4.13. The van der Waals surface area contributed by atoms with E-state index >= 15 is 0 Å². The molecule has 0 bridgehead atoms. The van der Waals surface area contributed by atoms with E-state index in [1.54, 1.807) is 13.0 Å². The Bertz CT molecular complexity index is 487. The van der Waals surface area contributed by atoms with Gasteiger partial charge in [-0.15, -0.1) is 0 Å². The lowest BCUT2D eigenvalue weighted by molar-refractivity contribution is -0.134. The first-order valence-electron chi connectivity index (χ1n) is 6.15. The topological polar surface area (TPSA) is 88.0 Å². The van der Waals surface area contributed by atoms with Crippen LogP contribution in [0.15, 0.2) is 40.8 Å². The number of nitrogens with zero attached hydrogens (tertiary/aromatic N) is 1. The first kappa shape index (κ1) is 17.6. The maximum absolute atomic E-state index is 11.4. The van der Waals surface area contributed by atoms with Gasteiger partial charge in [0.2, 0.25) is 5.88 Å². The maximum Gasteiger partial charge on any atom is 0.341 e. The summed E-state index contributed by atoms with van der Waals surface area (Å²) in [6, 6.07) is 0. The molecule has 0 aromatic rings. The molecule has 0 fully saturated rings. The van der Waals surface area contributed by atoms with Crippen molar-refractivity contribution in [3.63, 3.8) is 0 Å². The number of allylic oxidation sites excluding steroid dienone is 1. The Morgan fingerprint density at radius 1 is 1.55 bits per heavy atom. The van der Waals surface area contributed by atoms with Crippen LogP contribution < -0.4 is 5.32 Å². The Balaban J connectivity index is 0.00000110. The lowest BCUT2D eigenvalue weighted by Gasteiger charge is -2.16. The highest BCUT2D eigenvalue weighted by atomic mass is 16.5. The van der Waals surface area contributed by atoms with Crippen LogP contribution in [0.3, 0.4) is 0 Å². The van der Waals surface area contributed by atoms with E-state index in [2.05, 4.69) is 30.7 Å². The molecule has 6 heteroatoms. The number of rotatable bonds is 3. The molecule has 0 atom stereocenters. The third-order valence-corrected chi connectivity index (χ3v) is 2.06. The van der Waals surface area contributed by atoms with Crippen molar-refractivity contribution in [1.29, 1.82) is 0 Å². The molecule has 1 rings (SSSR count). The van der Waals surface area contributed by atoms with Crippen molar-refractivity contribution < 1.29 is 19.4 Å². The zero-order valence-corrected chi connectivity index (χ0v) is 12.2. The molecule has 0 unspecified atom stereocenters. The summed E-state index contributed by atoms with van der Waals surface area (Å²) in [5.41, 5.74) is 0.153. The molecule has 1 aliphatic rings. The highest BCUT2D eigenvalue weighted by Crippen LogP contribution is 2.12. The molecule has 1 amide bonds. The van der Waals surface area contributed by atoms with E-state index in [-0.39, 0.29) is 17.3 Å². The monoisotopic (exact) mass is 280 g/mol. The van der Waals surface area contributed by atoms with Crippen molar-refractivity contribution in [2.45, 2.75) is 27.2 Å². The van der Waals surface area contributed by atoms with Crippen LogP contribution in [0.25, 0.3) is 0 Å². The van der Waals surface area contributed by atoms with Gasteiger partial charge in [0.25, 0.3) is 5.91 Å². The number of hydrogen-bond acceptors (Lipinski definition) is 4. The number of hydrogen-bond donors (Lipinski definition) is 2. The first-order chi connectivity index (χ1) is 9.40. The van der Waals surface area contributed by atoms with Crippen LogP contribution in [0, 0.1) is 0 Å². The third-order valence-electron chi connectivity index (χ3n) is 2.06. The third kappa shape index (κ3) is 5.09. The smallest absolute Gasteiger partial charge is 0.341 e. The van der Waals surface area contributed by atoms with Gasteiger partial charge in [-0.1, -0.05) is 26.3 Å². The fourth-order valence-corrected chi connectivity index (χ4v) is 1.18. The van der Waals surface area contributed by atoms with E-state index in [0.29, 0.717) is 5.57 Å². The number of aliphatic imine (C=N–C) groups is 1. The van der Waals surface area contributed by atoms with Crippen molar-refractivity contribution in [1.82, 2.24) is 5.32 Å². The normalized spacial score (nSPS) is 17.8. The summed E-state index contributed by atoms with van der Waals surface area (Å²) in [4.78, 5) is 26.1. The zero-order valence-electron chi connectivity index (χ0n) is 12.2. The van der Waals surface area contributed by atoms with Crippen LogP contribution >= 0.6 is 0 Å². The predicted octanol–water partition coefficient (Wildman–Crippen LogP) is 2.01. The molecule has 110 valence electrons. The Labute approximate surface area is 118 Å². The number of carbonyl (C=O) groups excluding carboxylic acids is 1. The van der Waals surface area contributed by atoms with Gasteiger partial charge in [-0.3, -0.25) is 4.79 Å². The Hall–Kier alpha value is -2.37. The summed E-state index contributed by atoms with van der Waals surface area (Å²) >= 11 is 0. The minimum Gasteiger partial charge on any atom is -0.481 e. The van der Waals surface area contributed by atoms with E-state index < -0.39 is 11.9 Å². The van der Waals surface area contributed by atoms with Gasteiger partial charge in [-0.2, -0.15) is 4.99 Å². The number of carboxylic acid groups (broad SMARTS) is 1. The summed E-state index contributed by atoms with van der Waals surface area (Å²) in [6.45, 7) is 9.44. The van der Waals surface area contributed by atoms with E-state index in [0.717, 1.165) is 0 Å². The van der Waals surface area contributed by atoms with Crippen molar-refractivity contribution in [3.8, 4) is 0 Å². The van der Waals surface area contributed by atoms with Crippen molar-refractivity contribution in [2.75, 3.05) is 7.11 Å². The number of amidine groups is 1. The molecule has 1 aliphatic heterocycles. The summed E-state index contributed by atoms with van der Waals surface area (Å²) in [5.74, 6) is -1.67. The molecule has 0 spiro atoms. The minimum atomic E-state index is -1.29. The van der Waals surface area contributed by atoms with Crippen LogP contribution in [0.5, 0.6) is 0 Å². The summed E-state index contributed by atoms with van der Waals surface area (Å²) in [5, 5.41) is 11.2. The average Bonchev–Trinajstić information content (AvgIpc) is 2.39.